The van der Waals surface area contributed by atoms with Gasteiger partial charge in [-0.05, 0) is 23.6 Å². The average Bonchev–Trinajstić information content (AvgIpc) is 2.55. The summed E-state index contributed by atoms with van der Waals surface area (Å²) >= 11 is 0. The van der Waals surface area contributed by atoms with Gasteiger partial charge in [-0.2, -0.15) is 5.26 Å². The van der Waals surface area contributed by atoms with Crippen LogP contribution in [0.15, 0.2) is 72.8 Å². The van der Waals surface area contributed by atoms with Crippen molar-refractivity contribution in [3.8, 4) is 28.3 Å². The van der Waals surface area contributed by atoms with E-state index in [0.29, 0.717) is 0 Å². The molecule has 1 nitrogen and oxygen atoms in total. The van der Waals surface area contributed by atoms with Crippen LogP contribution in [0.1, 0.15) is 11.1 Å². The Hall–Kier alpha value is -2.85. The standard InChI is InChI=1S/C20H15N/c1-15-12-18(16-8-4-2-5-9-16)20(14-21)19(13-15)17-10-6-3-7-11-17/h2-13H,1H3. The predicted molar refractivity (Wildman–Crippen MR) is 86.8 cm³/mol. The third-order valence-electron chi connectivity index (χ3n) is 3.56. The van der Waals surface area contributed by atoms with Gasteiger partial charge in [0.05, 0.1) is 5.56 Å². The van der Waals surface area contributed by atoms with Gasteiger partial charge in [0.2, 0.25) is 0 Å². The highest BCUT2D eigenvalue weighted by molar-refractivity contribution is 5.82. The first-order chi connectivity index (χ1) is 10.3. The van der Waals surface area contributed by atoms with Crippen LogP contribution in [0.4, 0.5) is 0 Å². The molecule has 0 amide bonds. The summed E-state index contributed by atoms with van der Waals surface area (Å²) in [5.41, 5.74) is 6.04. The van der Waals surface area contributed by atoms with Gasteiger partial charge in [0, 0.05) is 11.1 Å². The summed E-state index contributed by atoms with van der Waals surface area (Å²) in [4.78, 5) is 0. The topological polar surface area (TPSA) is 23.8 Å². The zero-order valence-electron chi connectivity index (χ0n) is 11.9. The number of nitriles is 1. The normalized spacial score (nSPS) is 10.1. The number of hydrogen-bond acceptors (Lipinski definition) is 1. The first-order valence-electron chi connectivity index (χ1n) is 6.95. The predicted octanol–water partition coefficient (Wildman–Crippen LogP) is 5.20. The molecule has 0 spiro atoms. The molecule has 0 unspecified atom stereocenters. The van der Waals surface area contributed by atoms with Crippen LogP contribution < -0.4 is 0 Å². The lowest BCUT2D eigenvalue weighted by molar-refractivity contribution is 1.42. The first kappa shape index (κ1) is 13.1. The number of hydrogen-bond donors (Lipinski definition) is 0. The number of nitrogens with zero attached hydrogens (tertiary/aromatic N) is 1. The first-order valence-corrected chi connectivity index (χ1v) is 6.95. The average molecular weight is 269 g/mol. The van der Waals surface area contributed by atoms with Gasteiger partial charge in [0.1, 0.15) is 6.07 Å². The van der Waals surface area contributed by atoms with Crippen LogP contribution in [0.2, 0.25) is 0 Å². The van der Waals surface area contributed by atoms with Gasteiger partial charge in [-0.3, -0.25) is 0 Å². The molecule has 0 aliphatic carbocycles. The molecule has 0 atom stereocenters. The minimum absolute atomic E-state index is 0.734. The molecule has 3 aromatic carbocycles. The van der Waals surface area contributed by atoms with E-state index in [1.807, 2.05) is 60.7 Å². The maximum atomic E-state index is 9.66. The van der Waals surface area contributed by atoms with Crippen molar-refractivity contribution in [3.63, 3.8) is 0 Å². The van der Waals surface area contributed by atoms with Crippen LogP contribution in [0.25, 0.3) is 22.3 Å². The highest BCUT2D eigenvalue weighted by atomic mass is 14.3. The van der Waals surface area contributed by atoms with Crippen molar-refractivity contribution < 1.29 is 0 Å². The molecular formula is C20H15N. The van der Waals surface area contributed by atoms with E-state index in [-0.39, 0.29) is 0 Å². The third-order valence-corrected chi connectivity index (χ3v) is 3.56. The summed E-state index contributed by atoms with van der Waals surface area (Å²) in [6, 6.07) is 26.7. The molecule has 100 valence electrons. The van der Waals surface area contributed by atoms with Gasteiger partial charge in [0.15, 0.2) is 0 Å². The molecule has 0 aliphatic heterocycles. The lowest BCUT2D eigenvalue weighted by Crippen LogP contribution is -1.91. The fraction of sp³-hybridized carbons (Fsp3) is 0.0500. The zero-order chi connectivity index (χ0) is 14.7. The van der Waals surface area contributed by atoms with Crippen LogP contribution in [-0.2, 0) is 0 Å². The van der Waals surface area contributed by atoms with E-state index in [9.17, 15) is 5.26 Å². The zero-order valence-corrected chi connectivity index (χ0v) is 11.9. The Morgan fingerprint density at radius 2 is 1.14 bits per heavy atom. The summed E-state index contributed by atoms with van der Waals surface area (Å²) in [7, 11) is 0. The Morgan fingerprint density at radius 3 is 1.52 bits per heavy atom. The highest BCUT2D eigenvalue weighted by Crippen LogP contribution is 2.33. The second-order valence-electron chi connectivity index (χ2n) is 5.08. The monoisotopic (exact) mass is 269 g/mol. The lowest BCUT2D eigenvalue weighted by atomic mass is 9.90. The molecule has 3 aromatic rings. The van der Waals surface area contributed by atoms with Gasteiger partial charge in [-0.25, -0.2) is 0 Å². The second-order valence-corrected chi connectivity index (χ2v) is 5.08. The Labute approximate surface area is 125 Å². The highest BCUT2D eigenvalue weighted by Gasteiger charge is 2.12. The van der Waals surface area contributed by atoms with Crippen LogP contribution in [0, 0.1) is 18.3 Å². The molecule has 0 heterocycles. The molecule has 1 heteroatoms. The van der Waals surface area contributed by atoms with E-state index in [1.165, 1.54) is 0 Å². The second kappa shape index (κ2) is 5.64. The van der Waals surface area contributed by atoms with E-state index in [2.05, 4.69) is 25.1 Å². The van der Waals surface area contributed by atoms with E-state index in [0.717, 1.165) is 33.4 Å². The molecular weight excluding hydrogens is 254 g/mol. The minimum Gasteiger partial charge on any atom is -0.192 e. The van der Waals surface area contributed by atoms with Crippen LogP contribution in [-0.4, -0.2) is 0 Å². The lowest BCUT2D eigenvalue weighted by Gasteiger charge is -2.12. The quantitative estimate of drug-likeness (QED) is 0.627. The fourth-order valence-corrected chi connectivity index (χ4v) is 2.60. The van der Waals surface area contributed by atoms with Gasteiger partial charge in [-0.1, -0.05) is 72.8 Å². The molecule has 3 rings (SSSR count). The van der Waals surface area contributed by atoms with Crippen molar-refractivity contribution in [1.29, 1.82) is 5.26 Å². The molecule has 0 N–H and O–H groups in total. The minimum atomic E-state index is 0.734. The number of aryl methyl sites for hydroxylation is 1. The van der Waals surface area contributed by atoms with Crippen molar-refractivity contribution in [2.24, 2.45) is 0 Å². The summed E-state index contributed by atoms with van der Waals surface area (Å²) in [5.74, 6) is 0. The summed E-state index contributed by atoms with van der Waals surface area (Å²) in [5, 5.41) is 9.66. The number of benzene rings is 3. The van der Waals surface area contributed by atoms with Crippen molar-refractivity contribution in [2.45, 2.75) is 6.92 Å². The van der Waals surface area contributed by atoms with Crippen molar-refractivity contribution in [2.75, 3.05) is 0 Å². The molecule has 0 aliphatic rings. The van der Waals surface area contributed by atoms with Crippen molar-refractivity contribution >= 4 is 0 Å². The van der Waals surface area contributed by atoms with Crippen molar-refractivity contribution in [3.05, 3.63) is 83.9 Å². The van der Waals surface area contributed by atoms with Gasteiger partial charge < -0.3 is 0 Å². The van der Waals surface area contributed by atoms with E-state index in [1.54, 1.807) is 0 Å². The van der Waals surface area contributed by atoms with Crippen LogP contribution in [0.3, 0.4) is 0 Å². The fourth-order valence-electron chi connectivity index (χ4n) is 2.60. The van der Waals surface area contributed by atoms with E-state index >= 15 is 0 Å². The molecule has 0 saturated carbocycles. The maximum absolute atomic E-state index is 9.66. The Morgan fingerprint density at radius 1 is 0.714 bits per heavy atom. The van der Waals surface area contributed by atoms with Gasteiger partial charge in [-0.15, -0.1) is 0 Å². The number of rotatable bonds is 2. The Bertz CT molecular complexity index is 736. The van der Waals surface area contributed by atoms with Crippen molar-refractivity contribution in [1.82, 2.24) is 0 Å². The van der Waals surface area contributed by atoms with E-state index in [4.69, 9.17) is 0 Å². The van der Waals surface area contributed by atoms with Gasteiger partial charge in [0.25, 0.3) is 0 Å². The van der Waals surface area contributed by atoms with Crippen LogP contribution in [0.5, 0.6) is 0 Å². The Kier molecular flexibility index (Phi) is 3.53. The third kappa shape index (κ3) is 2.57. The SMILES string of the molecule is Cc1cc(-c2ccccc2)c(C#N)c(-c2ccccc2)c1. The largest absolute Gasteiger partial charge is 0.192 e. The molecule has 0 fully saturated rings. The van der Waals surface area contributed by atoms with Crippen LogP contribution >= 0.6 is 0 Å². The molecule has 21 heavy (non-hydrogen) atoms. The molecule has 0 aromatic heterocycles. The smallest absolute Gasteiger partial charge is 0.100 e. The summed E-state index contributed by atoms with van der Waals surface area (Å²) < 4.78 is 0. The maximum Gasteiger partial charge on any atom is 0.100 e. The summed E-state index contributed by atoms with van der Waals surface area (Å²) in [6.45, 7) is 2.07. The molecule has 0 saturated heterocycles. The summed E-state index contributed by atoms with van der Waals surface area (Å²) in [6.07, 6.45) is 0. The van der Waals surface area contributed by atoms with Gasteiger partial charge >= 0.3 is 0 Å². The van der Waals surface area contributed by atoms with E-state index < -0.39 is 0 Å². The molecule has 0 bridgehead atoms. The Balaban J connectivity index is 2.29. The molecule has 0 radical (unpaired) electrons.